The highest BCUT2D eigenvalue weighted by molar-refractivity contribution is 5.94. The summed E-state index contributed by atoms with van der Waals surface area (Å²) in [5.74, 6) is -0.831. The molecule has 0 atom stereocenters. The van der Waals surface area contributed by atoms with Crippen LogP contribution in [0.4, 0.5) is 4.39 Å². The molecule has 0 fully saturated rings. The Morgan fingerprint density at radius 2 is 1.92 bits per heavy atom. The van der Waals surface area contributed by atoms with E-state index in [1.54, 1.807) is 42.3 Å². The summed E-state index contributed by atoms with van der Waals surface area (Å²) >= 11 is 0. The van der Waals surface area contributed by atoms with Gasteiger partial charge in [0.15, 0.2) is 0 Å². The second-order valence-corrected chi connectivity index (χ2v) is 5.47. The molecule has 0 spiro atoms. The van der Waals surface area contributed by atoms with Crippen LogP contribution in [0.1, 0.15) is 29.3 Å². The minimum atomic E-state index is -0.340. The van der Waals surface area contributed by atoms with Crippen molar-refractivity contribution in [2.24, 2.45) is 0 Å². The zero-order valence-corrected chi connectivity index (χ0v) is 14.2. The number of pyridine rings is 1. The lowest BCUT2D eigenvalue weighted by Crippen LogP contribution is -2.35. The van der Waals surface area contributed by atoms with Crippen LogP contribution in [-0.2, 0) is 16.0 Å². The van der Waals surface area contributed by atoms with Crippen LogP contribution in [0.2, 0.25) is 0 Å². The van der Waals surface area contributed by atoms with Gasteiger partial charge in [-0.3, -0.25) is 14.6 Å². The number of halogens is 1. The van der Waals surface area contributed by atoms with Crippen LogP contribution in [0, 0.1) is 5.82 Å². The number of ether oxygens (including phenoxy) is 1. The van der Waals surface area contributed by atoms with Gasteiger partial charge < -0.3 is 9.64 Å². The number of hydrogen-bond donors (Lipinski definition) is 0. The average molecular weight is 344 g/mol. The van der Waals surface area contributed by atoms with E-state index in [1.165, 1.54) is 18.3 Å². The molecule has 1 amide bonds. The maximum absolute atomic E-state index is 13.0. The minimum Gasteiger partial charge on any atom is -0.466 e. The van der Waals surface area contributed by atoms with E-state index in [9.17, 15) is 14.0 Å². The van der Waals surface area contributed by atoms with E-state index in [2.05, 4.69) is 4.98 Å². The van der Waals surface area contributed by atoms with Gasteiger partial charge in [0.25, 0.3) is 5.91 Å². The molecule has 0 aliphatic heterocycles. The zero-order chi connectivity index (χ0) is 18.1. The van der Waals surface area contributed by atoms with Crippen molar-refractivity contribution in [2.75, 3.05) is 19.7 Å². The molecule has 0 saturated heterocycles. The first-order chi connectivity index (χ1) is 12.1. The molecular formula is C19H21FN2O3. The Labute approximate surface area is 146 Å². The van der Waals surface area contributed by atoms with Gasteiger partial charge in [-0.1, -0.05) is 12.1 Å². The standard InChI is InChI=1S/C19H21FN2O3/c1-2-25-18(23)10-13-22(19(24)16-4-3-11-21-14-16)12-9-15-5-7-17(20)8-6-15/h3-8,11,14H,2,9-10,12-13H2,1H3. The molecule has 132 valence electrons. The average Bonchev–Trinajstić information content (AvgIpc) is 2.63. The Balaban J connectivity index is 2.03. The second-order valence-electron chi connectivity index (χ2n) is 5.47. The molecule has 0 bridgehead atoms. The number of rotatable bonds is 8. The van der Waals surface area contributed by atoms with E-state index in [0.717, 1.165) is 5.56 Å². The van der Waals surface area contributed by atoms with Gasteiger partial charge in [0, 0.05) is 25.5 Å². The maximum Gasteiger partial charge on any atom is 0.307 e. The van der Waals surface area contributed by atoms with Crippen LogP contribution in [0.25, 0.3) is 0 Å². The van der Waals surface area contributed by atoms with E-state index in [1.807, 2.05) is 0 Å². The largest absolute Gasteiger partial charge is 0.466 e. The zero-order valence-electron chi connectivity index (χ0n) is 14.2. The first-order valence-corrected chi connectivity index (χ1v) is 8.19. The maximum atomic E-state index is 13.0. The molecule has 0 saturated carbocycles. The molecule has 0 aliphatic rings. The van der Waals surface area contributed by atoms with Crippen LogP contribution in [0.3, 0.4) is 0 Å². The number of amides is 1. The fraction of sp³-hybridized carbons (Fsp3) is 0.316. The molecule has 2 rings (SSSR count). The Bertz CT molecular complexity index is 690. The molecule has 0 radical (unpaired) electrons. The molecule has 0 N–H and O–H groups in total. The van der Waals surface area contributed by atoms with Gasteiger partial charge in [-0.25, -0.2) is 4.39 Å². The number of carbonyl (C=O) groups excluding carboxylic acids is 2. The Kier molecular flexibility index (Phi) is 7.07. The van der Waals surface area contributed by atoms with Crippen LogP contribution in [0.5, 0.6) is 0 Å². The van der Waals surface area contributed by atoms with Crippen molar-refractivity contribution in [3.05, 3.63) is 65.7 Å². The molecule has 5 nitrogen and oxygen atoms in total. The van der Waals surface area contributed by atoms with E-state index in [0.29, 0.717) is 25.1 Å². The van der Waals surface area contributed by atoms with Crippen molar-refractivity contribution in [1.29, 1.82) is 0 Å². The monoisotopic (exact) mass is 344 g/mol. The van der Waals surface area contributed by atoms with Crippen molar-refractivity contribution in [1.82, 2.24) is 9.88 Å². The van der Waals surface area contributed by atoms with E-state index >= 15 is 0 Å². The lowest BCUT2D eigenvalue weighted by molar-refractivity contribution is -0.143. The molecule has 1 aromatic carbocycles. The van der Waals surface area contributed by atoms with Crippen molar-refractivity contribution in [3.63, 3.8) is 0 Å². The molecule has 25 heavy (non-hydrogen) atoms. The highest BCUT2D eigenvalue weighted by Crippen LogP contribution is 2.09. The fourth-order valence-corrected chi connectivity index (χ4v) is 2.36. The number of nitrogens with zero attached hydrogens (tertiary/aromatic N) is 2. The van der Waals surface area contributed by atoms with Gasteiger partial charge in [-0.15, -0.1) is 0 Å². The van der Waals surface area contributed by atoms with Crippen LogP contribution in [-0.4, -0.2) is 41.5 Å². The molecule has 1 heterocycles. The first-order valence-electron chi connectivity index (χ1n) is 8.19. The van der Waals surface area contributed by atoms with Crippen molar-refractivity contribution in [2.45, 2.75) is 19.8 Å². The summed E-state index contributed by atoms with van der Waals surface area (Å²) in [6.45, 7) is 2.72. The molecule has 2 aromatic rings. The SMILES string of the molecule is CCOC(=O)CCN(CCc1ccc(F)cc1)C(=O)c1cccnc1. The minimum absolute atomic E-state index is 0.128. The number of hydrogen-bond acceptors (Lipinski definition) is 4. The summed E-state index contributed by atoms with van der Waals surface area (Å²) in [4.78, 5) is 29.8. The summed E-state index contributed by atoms with van der Waals surface area (Å²) in [6.07, 6.45) is 3.79. The summed E-state index contributed by atoms with van der Waals surface area (Å²) in [5, 5.41) is 0. The highest BCUT2D eigenvalue weighted by Gasteiger charge is 2.17. The van der Waals surface area contributed by atoms with Crippen molar-refractivity contribution >= 4 is 11.9 Å². The molecular weight excluding hydrogens is 323 g/mol. The second kappa shape index (κ2) is 9.52. The van der Waals surface area contributed by atoms with Gasteiger partial charge >= 0.3 is 5.97 Å². The molecule has 1 aromatic heterocycles. The first kappa shape index (κ1) is 18.6. The predicted octanol–water partition coefficient (Wildman–Crippen LogP) is 2.86. The van der Waals surface area contributed by atoms with E-state index < -0.39 is 0 Å². The normalized spacial score (nSPS) is 10.3. The summed E-state index contributed by atoms with van der Waals surface area (Å²) in [6, 6.07) is 9.53. The Morgan fingerprint density at radius 3 is 2.56 bits per heavy atom. The third-order valence-corrected chi connectivity index (χ3v) is 3.67. The quantitative estimate of drug-likeness (QED) is 0.691. The number of aromatic nitrogens is 1. The third-order valence-electron chi connectivity index (χ3n) is 3.67. The van der Waals surface area contributed by atoms with E-state index in [4.69, 9.17) is 4.74 Å². The number of benzene rings is 1. The number of carbonyl (C=O) groups is 2. The summed E-state index contributed by atoms with van der Waals surface area (Å²) in [7, 11) is 0. The lowest BCUT2D eigenvalue weighted by Gasteiger charge is -2.22. The van der Waals surface area contributed by atoms with E-state index in [-0.39, 0.29) is 30.7 Å². The Morgan fingerprint density at radius 1 is 1.16 bits per heavy atom. The Hall–Kier alpha value is -2.76. The molecule has 6 heteroatoms. The topological polar surface area (TPSA) is 59.5 Å². The third kappa shape index (κ3) is 5.99. The molecule has 0 unspecified atom stereocenters. The van der Waals surface area contributed by atoms with Crippen LogP contribution < -0.4 is 0 Å². The summed E-state index contributed by atoms with van der Waals surface area (Å²) < 4.78 is 17.9. The van der Waals surface area contributed by atoms with Gasteiger partial charge in [-0.2, -0.15) is 0 Å². The van der Waals surface area contributed by atoms with Crippen molar-refractivity contribution in [3.8, 4) is 0 Å². The number of esters is 1. The fourth-order valence-electron chi connectivity index (χ4n) is 2.36. The van der Waals surface area contributed by atoms with Gasteiger partial charge in [0.2, 0.25) is 0 Å². The summed E-state index contributed by atoms with van der Waals surface area (Å²) in [5.41, 5.74) is 1.38. The van der Waals surface area contributed by atoms with Crippen LogP contribution >= 0.6 is 0 Å². The highest BCUT2D eigenvalue weighted by atomic mass is 19.1. The van der Waals surface area contributed by atoms with Gasteiger partial charge in [0.05, 0.1) is 18.6 Å². The predicted molar refractivity (Wildman–Crippen MR) is 91.5 cm³/mol. The van der Waals surface area contributed by atoms with Gasteiger partial charge in [-0.05, 0) is 43.2 Å². The van der Waals surface area contributed by atoms with Crippen LogP contribution in [0.15, 0.2) is 48.8 Å². The molecule has 0 aliphatic carbocycles. The van der Waals surface area contributed by atoms with Crippen molar-refractivity contribution < 1.29 is 18.7 Å². The smallest absolute Gasteiger partial charge is 0.307 e. The van der Waals surface area contributed by atoms with Gasteiger partial charge in [0.1, 0.15) is 5.82 Å². The lowest BCUT2D eigenvalue weighted by atomic mass is 10.1.